The van der Waals surface area contributed by atoms with Crippen LogP contribution in [0.2, 0.25) is 8.67 Å². The van der Waals surface area contributed by atoms with Crippen molar-refractivity contribution in [1.82, 2.24) is 4.72 Å². The van der Waals surface area contributed by atoms with Crippen molar-refractivity contribution in [3.05, 3.63) is 14.7 Å². The number of hydrogen-bond acceptors (Lipinski definition) is 3. The Labute approximate surface area is 107 Å². The van der Waals surface area contributed by atoms with Gasteiger partial charge in [0.15, 0.2) is 0 Å². The van der Waals surface area contributed by atoms with Gasteiger partial charge in [-0.15, -0.1) is 22.9 Å². The first-order valence-electron chi connectivity index (χ1n) is 3.91. The van der Waals surface area contributed by atoms with Crippen molar-refractivity contribution in [3.8, 4) is 0 Å². The van der Waals surface area contributed by atoms with Gasteiger partial charge < -0.3 is 0 Å². The van der Waals surface area contributed by atoms with E-state index in [-0.39, 0.29) is 21.2 Å². The summed E-state index contributed by atoms with van der Waals surface area (Å²) in [6.07, 6.45) is 0. The third kappa shape index (κ3) is 3.76. The molecule has 0 aliphatic rings. The lowest BCUT2D eigenvalue weighted by molar-refractivity contribution is 0.581. The number of rotatable bonds is 4. The van der Waals surface area contributed by atoms with E-state index in [1.807, 2.05) is 0 Å². The highest BCUT2D eigenvalue weighted by Crippen LogP contribution is 2.33. The van der Waals surface area contributed by atoms with Crippen LogP contribution in [0.1, 0.15) is 6.92 Å². The van der Waals surface area contributed by atoms with E-state index < -0.39 is 10.0 Å². The SMILES string of the molecule is CC(Cl)CNS(=O)(=O)c1cc(Cl)sc1Cl. The molecule has 0 aliphatic carbocycles. The average molecular weight is 309 g/mol. The highest BCUT2D eigenvalue weighted by molar-refractivity contribution is 7.89. The molecule has 1 unspecified atom stereocenters. The number of nitrogens with one attached hydrogen (secondary N) is 1. The third-order valence-corrected chi connectivity index (χ3v) is 4.80. The van der Waals surface area contributed by atoms with Crippen LogP contribution < -0.4 is 4.72 Å². The quantitative estimate of drug-likeness (QED) is 0.869. The number of halogens is 3. The molecule has 0 spiro atoms. The Hall–Kier alpha value is 0.480. The topological polar surface area (TPSA) is 46.2 Å². The van der Waals surface area contributed by atoms with Crippen LogP contribution in [0.3, 0.4) is 0 Å². The molecular formula is C7H8Cl3NO2S2. The fourth-order valence-electron chi connectivity index (χ4n) is 0.811. The molecule has 0 aliphatic heterocycles. The van der Waals surface area contributed by atoms with Gasteiger partial charge in [-0.3, -0.25) is 0 Å². The predicted octanol–water partition coefficient (Wildman–Crippen LogP) is 2.96. The van der Waals surface area contributed by atoms with Gasteiger partial charge in [0.1, 0.15) is 9.23 Å². The summed E-state index contributed by atoms with van der Waals surface area (Å²) < 4.78 is 26.1. The van der Waals surface area contributed by atoms with Gasteiger partial charge in [0.25, 0.3) is 0 Å². The highest BCUT2D eigenvalue weighted by atomic mass is 35.5. The van der Waals surface area contributed by atoms with Crippen molar-refractivity contribution in [3.63, 3.8) is 0 Å². The second-order valence-corrected chi connectivity index (χ2v) is 7.59. The Bertz CT molecular complexity index is 441. The molecule has 0 amide bonds. The van der Waals surface area contributed by atoms with Crippen molar-refractivity contribution < 1.29 is 8.42 Å². The minimum atomic E-state index is -3.61. The first-order valence-corrected chi connectivity index (χ1v) is 7.40. The Balaban J connectivity index is 2.91. The van der Waals surface area contributed by atoms with Gasteiger partial charge in [-0.2, -0.15) is 0 Å². The monoisotopic (exact) mass is 307 g/mol. The largest absolute Gasteiger partial charge is 0.243 e. The molecule has 1 heterocycles. The molecule has 8 heteroatoms. The lowest BCUT2D eigenvalue weighted by atomic mass is 10.5. The molecule has 1 aromatic heterocycles. The summed E-state index contributed by atoms with van der Waals surface area (Å²) >= 11 is 18.0. The summed E-state index contributed by atoms with van der Waals surface area (Å²) in [4.78, 5) is -0.00326. The molecule has 0 saturated heterocycles. The Morgan fingerprint density at radius 2 is 2.13 bits per heavy atom. The predicted molar refractivity (Wildman–Crippen MR) is 64.8 cm³/mol. The Kier molecular flexibility index (Phi) is 4.70. The molecule has 1 rings (SSSR count). The molecule has 0 aromatic carbocycles. The van der Waals surface area contributed by atoms with Gasteiger partial charge in [0.05, 0.1) is 4.34 Å². The third-order valence-electron chi connectivity index (χ3n) is 1.47. The Morgan fingerprint density at radius 1 is 1.53 bits per heavy atom. The summed E-state index contributed by atoms with van der Waals surface area (Å²) in [6, 6.07) is 1.32. The standard InChI is InChI=1S/C7H8Cl3NO2S2/c1-4(8)3-11-15(12,13)5-2-6(9)14-7(5)10/h2,4,11H,3H2,1H3. The average Bonchev–Trinajstić information content (AvgIpc) is 2.43. The smallest absolute Gasteiger partial charge is 0.210 e. The van der Waals surface area contributed by atoms with Crippen LogP contribution in [0.25, 0.3) is 0 Å². The van der Waals surface area contributed by atoms with Crippen LogP contribution in [0.5, 0.6) is 0 Å². The van der Waals surface area contributed by atoms with E-state index in [0.717, 1.165) is 11.3 Å². The van der Waals surface area contributed by atoms with E-state index in [1.165, 1.54) is 6.07 Å². The van der Waals surface area contributed by atoms with E-state index in [4.69, 9.17) is 34.8 Å². The molecule has 1 aromatic rings. The molecule has 0 radical (unpaired) electrons. The summed E-state index contributed by atoms with van der Waals surface area (Å²) in [5.74, 6) is 0. The number of hydrogen-bond donors (Lipinski definition) is 1. The zero-order valence-electron chi connectivity index (χ0n) is 7.63. The minimum Gasteiger partial charge on any atom is -0.210 e. The molecule has 3 nitrogen and oxygen atoms in total. The number of sulfonamides is 1. The second kappa shape index (κ2) is 5.21. The molecule has 15 heavy (non-hydrogen) atoms. The van der Waals surface area contributed by atoms with Crippen molar-refractivity contribution >= 4 is 56.2 Å². The number of alkyl halides is 1. The zero-order valence-corrected chi connectivity index (χ0v) is 11.5. The first kappa shape index (κ1) is 13.5. The van der Waals surface area contributed by atoms with Crippen LogP contribution >= 0.6 is 46.1 Å². The van der Waals surface area contributed by atoms with Crippen LogP contribution in [-0.2, 0) is 10.0 Å². The van der Waals surface area contributed by atoms with Crippen molar-refractivity contribution in [2.45, 2.75) is 17.2 Å². The maximum atomic E-state index is 11.7. The van der Waals surface area contributed by atoms with Gasteiger partial charge in [-0.05, 0) is 13.0 Å². The second-order valence-electron chi connectivity index (χ2n) is 2.82. The first-order chi connectivity index (χ1) is 6.83. The molecule has 0 fully saturated rings. The molecule has 0 saturated carbocycles. The van der Waals surface area contributed by atoms with Crippen LogP contribution in [0, 0.1) is 0 Å². The molecule has 0 bridgehead atoms. The van der Waals surface area contributed by atoms with Crippen molar-refractivity contribution in [1.29, 1.82) is 0 Å². The summed E-state index contributed by atoms with van der Waals surface area (Å²) in [6.45, 7) is 1.83. The Morgan fingerprint density at radius 3 is 2.53 bits per heavy atom. The molecule has 1 N–H and O–H groups in total. The van der Waals surface area contributed by atoms with Gasteiger partial charge in [-0.25, -0.2) is 13.1 Å². The molecular weight excluding hydrogens is 301 g/mol. The van der Waals surface area contributed by atoms with Crippen molar-refractivity contribution in [2.24, 2.45) is 0 Å². The van der Waals surface area contributed by atoms with E-state index in [1.54, 1.807) is 6.92 Å². The highest BCUT2D eigenvalue weighted by Gasteiger charge is 2.20. The van der Waals surface area contributed by atoms with Gasteiger partial charge in [0, 0.05) is 11.9 Å². The summed E-state index contributed by atoms with van der Waals surface area (Å²) in [7, 11) is -3.61. The van der Waals surface area contributed by atoms with E-state index in [0.29, 0.717) is 4.34 Å². The van der Waals surface area contributed by atoms with E-state index in [9.17, 15) is 8.42 Å². The fraction of sp³-hybridized carbons (Fsp3) is 0.429. The summed E-state index contributed by atoms with van der Waals surface area (Å²) in [5, 5.41) is -0.285. The lowest BCUT2D eigenvalue weighted by Crippen LogP contribution is -2.28. The molecule has 1 atom stereocenters. The number of thiophene rings is 1. The molecule has 86 valence electrons. The fourth-order valence-corrected chi connectivity index (χ4v) is 4.26. The zero-order chi connectivity index (χ0) is 11.6. The van der Waals surface area contributed by atoms with Crippen molar-refractivity contribution in [2.75, 3.05) is 6.54 Å². The summed E-state index contributed by atoms with van der Waals surface area (Å²) in [5.41, 5.74) is 0. The van der Waals surface area contributed by atoms with Crippen LogP contribution in [0.15, 0.2) is 11.0 Å². The van der Waals surface area contributed by atoms with E-state index >= 15 is 0 Å². The lowest BCUT2D eigenvalue weighted by Gasteiger charge is -2.06. The normalized spacial score (nSPS) is 14.1. The van der Waals surface area contributed by atoms with Gasteiger partial charge in [0.2, 0.25) is 10.0 Å². The van der Waals surface area contributed by atoms with Gasteiger partial charge in [-0.1, -0.05) is 23.2 Å². The maximum Gasteiger partial charge on any atom is 0.243 e. The maximum absolute atomic E-state index is 11.7. The van der Waals surface area contributed by atoms with Crippen LogP contribution in [-0.4, -0.2) is 20.3 Å². The minimum absolute atomic E-state index is 0.00326. The van der Waals surface area contributed by atoms with E-state index in [2.05, 4.69) is 4.72 Å². The van der Waals surface area contributed by atoms with Gasteiger partial charge >= 0.3 is 0 Å². The van der Waals surface area contributed by atoms with Crippen LogP contribution in [0.4, 0.5) is 0 Å².